The van der Waals surface area contributed by atoms with Gasteiger partial charge < -0.3 is 15.8 Å². The summed E-state index contributed by atoms with van der Waals surface area (Å²) in [6.45, 7) is 4.29. The van der Waals surface area contributed by atoms with Crippen molar-refractivity contribution in [2.24, 2.45) is 5.73 Å². The van der Waals surface area contributed by atoms with Crippen LogP contribution in [0.3, 0.4) is 0 Å². The molecule has 1 atom stereocenters. The number of amides is 1. The van der Waals surface area contributed by atoms with Crippen molar-refractivity contribution in [1.82, 2.24) is 5.32 Å². The van der Waals surface area contributed by atoms with Crippen LogP contribution >= 0.6 is 0 Å². The number of methoxy groups -OCH3 is 1. The molecule has 15 heavy (non-hydrogen) atoms. The maximum Gasteiger partial charge on any atom is 0.252 e. The van der Waals surface area contributed by atoms with Gasteiger partial charge in [-0.05, 0) is 32.6 Å². The minimum Gasteiger partial charge on any atom is -0.369 e. The van der Waals surface area contributed by atoms with Gasteiger partial charge in [-0.15, -0.1) is 0 Å². The van der Waals surface area contributed by atoms with Crippen LogP contribution < -0.4 is 11.1 Å². The van der Waals surface area contributed by atoms with E-state index in [-0.39, 0.29) is 11.4 Å². The van der Waals surface area contributed by atoms with Crippen LogP contribution in [0.4, 0.5) is 0 Å². The lowest BCUT2D eigenvalue weighted by molar-refractivity contribution is -0.142. The molecule has 1 saturated carbocycles. The third-order valence-corrected chi connectivity index (χ3v) is 3.56. The number of ether oxygens (including phenoxy) is 1. The van der Waals surface area contributed by atoms with Crippen LogP contribution in [0.1, 0.15) is 39.5 Å². The van der Waals surface area contributed by atoms with E-state index in [0.717, 1.165) is 12.8 Å². The van der Waals surface area contributed by atoms with Gasteiger partial charge in [-0.2, -0.15) is 0 Å². The molecule has 0 radical (unpaired) electrons. The van der Waals surface area contributed by atoms with E-state index >= 15 is 0 Å². The first-order chi connectivity index (χ1) is 6.96. The summed E-state index contributed by atoms with van der Waals surface area (Å²) < 4.78 is 5.21. The van der Waals surface area contributed by atoms with Gasteiger partial charge >= 0.3 is 0 Å². The molecule has 0 aromatic carbocycles. The van der Waals surface area contributed by atoms with Crippen molar-refractivity contribution in [2.75, 3.05) is 13.7 Å². The van der Waals surface area contributed by atoms with Gasteiger partial charge in [-0.1, -0.05) is 6.92 Å². The van der Waals surface area contributed by atoms with Gasteiger partial charge in [0.2, 0.25) is 0 Å². The second kappa shape index (κ2) is 4.49. The van der Waals surface area contributed by atoms with E-state index in [1.807, 2.05) is 6.92 Å². The molecule has 0 saturated heterocycles. The monoisotopic (exact) mass is 214 g/mol. The maximum absolute atomic E-state index is 11.8. The summed E-state index contributed by atoms with van der Waals surface area (Å²) in [5, 5.41) is 2.88. The lowest BCUT2D eigenvalue weighted by Crippen LogP contribution is -2.57. The van der Waals surface area contributed by atoms with Crippen molar-refractivity contribution in [3.05, 3.63) is 0 Å². The fourth-order valence-corrected chi connectivity index (χ4v) is 1.65. The number of nitrogens with one attached hydrogen (secondary N) is 1. The average molecular weight is 214 g/mol. The van der Waals surface area contributed by atoms with Crippen molar-refractivity contribution in [3.63, 3.8) is 0 Å². The fourth-order valence-electron chi connectivity index (χ4n) is 1.65. The molecule has 0 aliphatic heterocycles. The number of carbonyl (C=O) groups is 1. The molecule has 1 fully saturated rings. The van der Waals surface area contributed by atoms with Crippen LogP contribution in [-0.4, -0.2) is 30.7 Å². The molecule has 4 heteroatoms. The summed E-state index contributed by atoms with van der Waals surface area (Å²) in [5.41, 5.74) is 5.13. The van der Waals surface area contributed by atoms with E-state index in [4.69, 9.17) is 10.5 Å². The van der Waals surface area contributed by atoms with Gasteiger partial charge in [-0.25, -0.2) is 0 Å². The van der Waals surface area contributed by atoms with Crippen LogP contribution in [-0.2, 0) is 9.53 Å². The Morgan fingerprint density at radius 1 is 1.60 bits per heavy atom. The highest BCUT2D eigenvalue weighted by molar-refractivity contribution is 5.84. The first kappa shape index (κ1) is 12.5. The predicted molar refractivity (Wildman–Crippen MR) is 59.5 cm³/mol. The van der Waals surface area contributed by atoms with E-state index in [9.17, 15) is 4.79 Å². The van der Waals surface area contributed by atoms with Crippen LogP contribution in [0.25, 0.3) is 0 Å². The third-order valence-electron chi connectivity index (χ3n) is 3.56. The van der Waals surface area contributed by atoms with Gasteiger partial charge in [0.25, 0.3) is 5.91 Å². The average Bonchev–Trinajstić information content (AvgIpc) is 2.21. The van der Waals surface area contributed by atoms with Crippen LogP contribution in [0.2, 0.25) is 0 Å². The molecule has 1 aliphatic rings. The van der Waals surface area contributed by atoms with Crippen LogP contribution in [0, 0.1) is 0 Å². The number of hydrogen-bond acceptors (Lipinski definition) is 3. The SMILES string of the molecule is CCC(C)(OC)C(=O)NCC1(N)CCC1. The number of nitrogens with two attached hydrogens (primary N) is 1. The Morgan fingerprint density at radius 2 is 2.20 bits per heavy atom. The fraction of sp³-hybridized carbons (Fsp3) is 0.909. The van der Waals surface area contributed by atoms with E-state index in [0.29, 0.717) is 13.0 Å². The number of carbonyl (C=O) groups excluding carboxylic acids is 1. The smallest absolute Gasteiger partial charge is 0.252 e. The van der Waals surface area contributed by atoms with Gasteiger partial charge in [0.05, 0.1) is 0 Å². The van der Waals surface area contributed by atoms with Gasteiger partial charge in [0, 0.05) is 19.2 Å². The highest BCUT2D eigenvalue weighted by Gasteiger charge is 2.36. The lowest BCUT2D eigenvalue weighted by Gasteiger charge is -2.39. The quantitative estimate of drug-likeness (QED) is 0.711. The Hall–Kier alpha value is -0.610. The molecule has 1 aliphatic carbocycles. The van der Waals surface area contributed by atoms with Gasteiger partial charge in [0.15, 0.2) is 0 Å². The van der Waals surface area contributed by atoms with Crippen LogP contribution in [0.5, 0.6) is 0 Å². The predicted octanol–water partition coefficient (Wildman–Crippen LogP) is 0.799. The molecular weight excluding hydrogens is 192 g/mol. The normalized spacial score (nSPS) is 22.7. The molecule has 0 aromatic heterocycles. The Kier molecular flexibility index (Phi) is 3.73. The number of rotatable bonds is 5. The highest BCUT2D eigenvalue weighted by Crippen LogP contribution is 2.28. The number of hydrogen-bond donors (Lipinski definition) is 2. The first-order valence-electron chi connectivity index (χ1n) is 5.58. The third kappa shape index (κ3) is 2.69. The Labute approximate surface area is 91.5 Å². The van der Waals surface area contributed by atoms with Crippen molar-refractivity contribution in [2.45, 2.75) is 50.7 Å². The summed E-state index contributed by atoms with van der Waals surface area (Å²) in [6, 6.07) is 0. The second-order valence-electron chi connectivity index (χ2n) is 4.69. The van der Waals surface area contributed by atoms with Crippen LogP contribution in [0.15, 0.2) is 0 Å². The molecule has 88 valence electrons. The molecule has 3 N–H and O–H groups in total. The molecule has 0 aromatic rings. The molecule has 1 rings (SSSR count). The lowest BCUT2D eigenvalue weighted by atomic mass is 9.77. The summed E-state index contributed by atoms with van der Waals surface area (Å²) in [5.74, 6) is -0.0655. The Balaban J connectivity index is 2.41. The summed E-state index contributed by atoms with van der Waals surface area (Å²) in [6.07, 6.45) is 3.83. The van der Waals surface area contributed by atoms with Crippen molar-refractivity contribution in [1.29, 1.82) is 0 Å². The zero-order valence-corrected chi connectivity index (χ0v) is 9.93. The first-order valence-corrected chi connectivity index (χ1v) is 5.58. The van der Waals surface area contributed by atoms with Crippen molar-refractivity contribution in [3.8, 4) is 0 Å². The molecule has 1 unspecified atom stereocenters. The molecular formula is C11H22N2O2. The van der Waals surface area contributed by atoms with Gasteiger partial charge in [-0.3, -0.25) is 4.79 Å². The molecule has 0 spiro atoms. The molecule has 0 heterocycles. The minimum atomic E-state index is -0.722. The van der Waals surface area contributed by atoms with E-state index in [1.165, 1.54) is 6.42 Å². The second-order valence-corrected chi connectivity index (χ2v) is 4.69. The topological polar surface area (TPSA) is 64.3 Å². The van der Waals surface area contributed by atoms with E-state index < -0.39 is 5.60 Å². The van der Waals surface area contributed by atoms with E-state index in [2.05, 4.69) is 5.32 Å². The Bertz CT molecular complexity index is 233. The zero-order chi connectivity index (χ0) is 11.5. The summed E-state index contributed by atoms with van der Waals surface area (Å²) >= 11 is 0. The standard InChI is InChI=1S/C11H22N2O2/c1-4-10(2,15-3)9(14)13-8-11(12)6-5-7-11/h4-8,12H2,1-3H3,(H,13,14). The summed E-state index contributed by atoms with van der Waals surface area (Å²) in [4.78, 5) is 11.8. The zero-order valence-electron chi connectivity index (χ0n) is 9.93. The van der Waals surface area contributed by atoms with Crippen molar-refractivity contribution < 1.29 is 9.53 Å². The molecule has 1 amide bonds. The Morgan fingerprint density at radius 3 is 2.53 bits per heavy atom. The van der Waals surface area contributed by atoms with Gasteiger partial charge in [0.1, 0.15) is 5.60 Å². The maximum atomic E-state index is 11.8. The highest BCUT2D eigenvalue weighted by atomic mass is 16.5. The van der Waals surface area contributed by atoms with Crippen molar-refractivity contribution >= 4 is 5.91 Å². The largest absolute Gasteiger partial charge is 0.369 e. The summed E-state index contributed by atoms with van der Waals surface area (Å²) in [7, 11) is 1.56. The molecule has 0 bridgehead atoms. The van der Waals surface area contributed by atoms with E-state index in [1.54, 1.807) is 14.0 Å². The molecule has 4 nitrogen and oxygen atoms in total. The minimum absolute atomic E-state index is 0.0655.